The number of hydrogen-bond acceptors (Lipinski definition) is 5. The van der Waals surface area contributed by atoms with Gasteiger partial charge in [-0.1, -0.05) is 0 Å². The van der Waals surface area contributed by atoms with E-state index in [1.807, 2.05) is 0 Å². The third-order valence-electron chi connectivity index (χ3n) is 3.80. The molecule has 0 aliphatic rings. The molecule has 0 atom stereocenters. The van der Waals surface area contributed by atoms with Gasteiger partial charge in [0.25, 0.3) is 0 Å². The number of alkyl halides is 6. The van der Waals surface area contributed by atoms with Gasteiger partial charge in [0, 0.05) is 15.8 Å². The summed E-state index contributed by atoms with van der Waals surface area (Å²) in [4.78, 5) is 12.8. The summed E-state index contributed by atoms with van der Waals surface area (Å²) in [7, 11) is 4.86. The summed E-state index contributed by atoms with van der Waals surface area (Å²) in [5.74, 6) is -2.44. The van der Waals surface area contributed by atoms with E-state index in [1.54, 1.807) is 23.5 Å². The summed E-state index contributed by atoms with van der Waals surface area (Å²) >= 11 is 2.82. The molecule has 0 unspecified atom stereocenters. The van der Waals surface area contributed by atoms with Crippen LogP contribution in [0, 0.1) is 0 Å². The van der Waals surface area contributed by atoms with Crippen molar-refractivity contribution >= 4 is 45.4 Å². The van der Waals surface area contributed by atoms with Crippen LogP contribution >= 0.6 is 15.9 Å². The van der Waals surface area contributed by atoms with E-state index in [4.69, 9.17) is 14.2 Å². The lowest BCUT2D eigenvalue weighted by atomic mass is 9.52. The maximum absolute atomic E-state index is 13.5. The highest BCUT2D eigenvalue weighted by molar-refractivity contribution is 9.10. The van der Waals surface area contributed by atoms with E-state index in [1.165, 1.54) is 20.8 Å². The lowest BCUT2D eigenvalue weighted by Crippen LogP contribution is -2.37. The van der Waals surface area contributed by atoms with Gasteiger partial charge in [0.2, 0.25) is 0 Å². The van der Waals surface area contributed by atoms with E-state index in [-0.39, 0.29) is 17.2 Å². The van der Waals surface area contributed by atoms with Crippen LogP contribution in [0.1, 0.15) is 36.7 Å². The second-order valence-corrected chi connectivity index (χ2v) is 10.1. The SMILES string of the molecule is BC(B)(B)Oc1cc(OC(F)(F)F)ccc1Oc1ccc(C(F)(F)F)c(Br)c1C(=O)OC(C)(C)C. The molecule has 0 heterocycles. The maximum atomic E-state index is 13.5. The van der Waals surface area contributed by atoms with Crippen LogP contribution in [0.4, 0.5) is 26.3 Å². The van der Waals surface area contributed by atoms with Crippen molar-refractivity contribution in [1.82, 2.24) is 0 Å². The van der Waals surface area contributed by atoms with E-state index in [2.05, 4.69) is 20.7 Å². The van der Waals surface area contributed by atoms with Crippen LogP contribution in [0.2, 0.25) is 0 Å². The van der Waals surface area contributed by atoms with Crippen LogP contribution in [0.3, 0.4) is 0 Å². The number of rotatable bonds is 6. The molecule has 2 aromatic rings. The molecule has 0 saturated carbocycles. The Morgan fingerprint density at radius 3 is 1.91 bits per heavy atom. The average Bonchev–Trinajstić information content (AvgIpc) is 2.58. The molecular weight excluding hydrogens is 547 g/mol. The van der Waals surface area contributed by atoms with Crippen molar-refractivity contribution in [3.63, 3.8) is 0 Å². The Hall–Kier alpha value is -2.44. The van der Waals surface area contributed by atoms with Gasteiger partial charge in [-0.3, -0.25) is 0 Å². The Balaban J connectivity index is 2.64. The molecule has 0 saturated heterocycles. The van der Waals surface area contributed by atoms with E-state index < -0.39 is 50.8 Å². The molecule has 0 fully saturated rings. The Morgan fingerprint density at radius 1 is 0.857 bits per heavy atom. The fourth-order valence-electron chi connectivity index (χ4n) is 2.68. The maximum Gasteiger partial charge on any atom is 0.573 e. The van der Waals surface area contributed by atoms with Crippen molar-refractivity contribution in [3.8, 4) is 23.0 Å². The van der Waals surface area contributed by atoms with Crippen molar-refractivity contribution in [3.05, 3.63) is 45.9 Å². The summed E-state index contributed by atoms with van der Waals surface area (Å²) < 4.78 is 98.3. The smallest absolute Gasteiger partial charge is 0.510 e. The molecule has 0 aliphatic carbocycles. The minimum atomic E-state index is -4.97. The van der Waals surface area contributed by atoms with Gasteiger partial charge >= 0.3 is 18.5 Å². The van der Waals surface area contributed by atoms with Crippen molar-refractivity contribution < 1.29 is 50.1 Å². The molecule has 35 heavy (non-hydrogen) atoms. The molecule has 2 rings (SSSR count). The van der Waals surface area contributed by atoms with Crippen molar-refractivity contribution in [2.75, 3.05) is 0 Å². The standard InChI is InChI=1S/C20H20B3BrF6O5/c1-17(2,3)35-16(31)14-12(7-5-10(15(14)24)18(25,26)27)32-11-6-4-9(33-20(28,29)30)8-13(11)34-19(21,22)23/h4-8H,21-23H2,1-3H3. The monoisotopic (exact) mass is 566 g/mol. The molecular formula is C20H20B3BrF6O5. The summed E-state index contributed by atoms with van der Waals surface area (Å²) in [5, 5.41) is -0.899. The number of carbonyl (C=O) groups excluding carboxylic acids is 1. The van der Waals surface area contributed by atoms with Crippen LogP contribution in [0.25, 0.3) is 0 Å². The van der Waals surface area contributed by atoms with Crippen LogP contribution in [-0.2, 0) is 10.9 Å². The molecule has 0 aliphatic heterocycles. The minimum absolute atomic E-state index is 0.175. The molecule has 0 radical (unpaired) electrons. The first kappa shape index (κ1) is 28.8. The summed E-state index contributed by atoms with van der Waals surface area (Å²) in [6.07, 6.45) is -9.77. The van der Waals surface area contributed by atoms with Crippen molar-refractivity contribution in [2.45, 2.75) is 44.2 Å². The molecule has 0 N–H and O–H groups in total. The summed E-state index contributed by atoms with van der Waals surface area (Å²) in [5.41, 5.74) is -2.75. The highest BCUT2D eigenvalue weighted by Gasteiger charge is 2.37. The molecule has 0 amide bonds. The van der Waals surface area contributed by atoms with E-state index in [0.29, 0.717) is 6.07 Å². The fourth-order valence-corrected chi connectivity index (χ4v) is 3.39. The zero-order chi connectivity index (χ0) is 27.0. The molecule has 2 aromatic carbocycles. The summed E-state index contributed by atoms with van der Waals surface area (Å²) in [6.45, 7) is 4.59. The molecule has 15 heteroatoms. The number of halogens is 7. The lowest BCUT2D eigenvalue weighted by molar-refractivity contribution is -0.274. The molecule has 0 spiro atoms. The zero-order valence-corrected chi connectivity index (χ0v) is 21.2. The van der Waals surface area contributed by atoms with Crippen LogP contribution < -0.4 is 14.2 Å². The van der Waals surface area contributed by atoms with Crippen LogP contribution in [-0.4, -0.2) is 46.8 Å². The van der Waals surface area contributed by atoms with Crippen molar-refractivity contribution in [1.29, 1.82) is 0 Å². The third kappa shape index (κ3) is 8.62. The predicted octanol–water partition coefficient (Wildman–Crippen LogP) is 4.00. The topological polar surface area (TPSA) is 54.0 Å². The number of benzene rings is 2. The van der Waals surface area contributed by atoms with E-state index in [9.17, 15) is 31.1 Å². The molecule has 0 bridgehead atoms. The normalized spacial score (nSPS) is 12.7. The van der Waals surface area contributed by atoms with Gasteiger partial charge in [-0.05, 0) is 61.0 Å². The number of carbonyl (C=O) groups is 1. The quantitative estimate of drug-likeness (QED) is 0.301. The number of hydrogen-bond donors (Lipinski definition) is 0. The average molecular weight is 567 g/mol. The van der Waals surface area contributed by atoms with E-state index in [0.717, 1.165) is 24.3 Å². The van der Waals surface area contributed by atoms with Crippen molar-refractivity contribution in [2.24, 2.45) is 0 Å². The van der Waals surface area contributed by atoms with Gasteiger partial charge in [-0.2, -0.15) is 13.2 Å². The Labute approximate surface area is 208 Å². The third-order valence-corrected chi connectivity index (χ3v) is 4.62. The highest BCUT2D eigenvalue weighted by Crippen LogP contribution is 2.44. The second kappa shape index (κ2) is 9.90. The van der Waals surface area contributed by atoms with Crippen LogP contribution in [0.5, 0.6) is 23.0 Å². The van der Waals surface area contributed by atoms with E-state index >= 15 is 0 Å². The lowest BCUT2D eigenvalue weighted by Gasteiger charge is -2.25. The Morgan fingerprint density at radius 2 is 1.43 bits per heavy atom. The van der Waals surface area contributed by atoms with Gasteiger partial charge in [0.05, 0.1) is 5.56 Å². The molecule has 188 valence electrons. The summed E-state index contributed by atoms with van der Waals surface area (Å²) in [6, 6.07) is 4.53. The minimum Gasteiger partial charge on any atom is -0.510 e. The second-order valence-electron chi connectivity index (χ2n) is 9.27. The zero-order valence-electron chi connectivity index (χ0n) is 19.6. The van der Waals surface area contributed by atoms with Gasteiger partial charge in [-0.15, -0.1) is 13.2 Å². The highest BCUT2D eigenvalue weighted by atomic mass is 79.9. The van der Waals surface area contributed by atoms with Gasteiger partial charge < -0.3 is 18.9 Å². The van der Waals surface area contributed by atoms with Gasteiger partial charge in [0.15, 0.2) is 11.5 Å². The Kier molecular flexibility index (Phi) is 8.15. The molecule has 5 nitrogen and oxygen atoms in total. The Bertz CT molecular complexity index is 1090. The first-order valence-corrected chi connectivity index (χ1v) is 10.9. The van der Waals surface area contributed by atoms with Gasteiger partial charge in [-0.25, -0.2) is 4.79 Å². The van der Waals surface area contributed by atoms with Gasteiger partial charge in [0.1, 0.15) is 46.2 Å². The first-order chi connectivity index (χ1) is 15.7. The number of esters is 1. The predicted molar refractivity (Wildman–Crippen MR) is 127 cm³/mol. The largest absolute Gasteiger partial charge is 0.573 e. The number of ether oxygens (including phenoxy) is 4. The molecule has 0 aromatic heterocycles. The first-order valence-electron chi connectivity index (χ1n) is 10.1. The van der Waals surface area contributed by atoms with Crippen LogP contribution in [0.15, 0.2) is 34.8 Å². The fraction of sp³-hybridized carbons (Fsp3) is 0.350.